The number of aromatic nitrogens is 2. The second-order valence-corrected chi connectivity index (χ2v) is 4.39. The molecule has 0 spiro atoms. The first-order chi connectivity index (χ1) is 7.14. The van der Waals surface area contributed by atoms with Crippen molar-refractivity contribution in [3.8, 4) is 5.88 Å². The summed E-state index contributed by atoms with van der Waals surface area (Å²) in [5.41, 5.74) is 1.98. The summed E-state index contributed by atoms with van der Waals surface area (Å²) in [6.07, 6.45) is 3.25. The average Bonchev–Trinajstić information content (AvgIpc) is 2.41. The summed E-state index contributed by atoms with van der Waals surface area (Å²) in [4.78, 5) is 0. The first-order valence-electron chi connectivity index (χ1n) is 5.33. The minimum Gasteiger partial charge on any atom is -0.481 e. The molecule has 0 amide bonds. The van der Waals surface area contributed by atoms with Crippen LogP contribution in [0.25, 0.3) is 0 Å². The van der Waals surface area contributed by atoms with Crippen molar-refractivity contribution >= 4 is 0 Å². The summed E-state index contributed by atoms with van der Waals surface area (Å²) >= 11 is 0. The summed E-state index contributed by atoms with van der Waals surface area (Å²) < 4.78 is 7.12. The van der Waals surface area contributed by atoms with Crippen LogP contribution in [0.3, 0.4) is 0 Å². The molecular formula is C11H18N2O2. The number of nitrogens with zero attached hydrogens (tertiary/aromatic N) is 2. The fourth-order valence-electron chi connectivity index (χ4n) is 2.57. The molecule has 84 valence electrons. The first kappa shape index (κ1) is 10.5. The molecule has 0 bridgehead atoms. The van der Waals surface area contributed by atoms with E-state index < -0.39 is 0 Å². The molecule has 1 saturated carbocycles. The maximum Gasteiger partial charge on any atom is 0.215 e. The van der Waals surface area contributed by atoms with Gasteiger partial charge in [-0.1, -0.05) is 6.42 Å². The molecule has 1 fully saturated rings. The van der Waals surface area contributed by atoms with Gasteiger partial charge in [0.1, 0.15) is 0 Å². The van der Waals surface area contributed by atoms with Crippen molar-refractivity contribution in [3.05, 3.63) is 11.3 Å². The van der Waals surface area contributed by atoms with Gasteiger partial charge in [-0.2, -0.15) is 5.10 Å². The highest BCUT2D eigenvalue weighted by Crippen LogP contribution is 2.47. The Kier molecular flexibility index (Phi) is 2.46. The average molecular weight is 210 g/mol. The van der Waals surface area contributed by atoms with Gasteiger partial charge in [0, 0.05) is 18.0 Å². The van der Waals surface area contributed by atoms with E-state index in [4.69, 9.17) is 4.74 Å². The molecule has 0 saturated heterocycles. The molecule has 4 nitrogen and oxygen atoms in total. The summed E-state index contributed by atoms with van der Waals surface area (Å²) in [5, 5.41) is 13.9. The largest absolute Gasteiger partial charge is 0.481 e. The highest BCUT2D eigenvalue weighted by atomic mass is 16.5. The zero-order chi connectivity index (χ0) is 11.1. The fourth-order valence-corrected chi connectivity index (χ4v) is 2.57. The van der Waals surface area contributed by atoms with E-state index in [0.717, 1.165) is 30.0 Å². The second kappa shape index (κ2) is 3.52. The van der Waals surface area contributed by atoms with Gasteiger partial charge < -0.3 is 9.84 Å². The first-order valence-corrected chi connectivity index (χ1v) is 5.33. The third-order valence-electron chi connectivity index (χ3n) is 3.51. The number of ether oxygens (including phenoxy) is 1. The van der Waals surface area contributed by atoms with E-state index in [1.807, 2.05) is 14.0 Å². The zero-order valence-electron chi connectivity index (χ0n) is 9.58. The van der Waals surface area contributed by atoms with Crippen molar-refractivity contribution in [1.29, 1.82) is 0 Å². The van der Waals surface area contributed by atoms with Crippen LogP contribution in [-0.4, -0.2) is 28.6 Å². The number of aryl methyl sites for hydroxylation is 2. The van der Waals surface area contributed by atoms with E-state index in [1.165, 1.54) is 6.42 Å². The number of hydrogen-bond acceptors (Lipinski definition) is 3. The molecule has 0 aliphatic heterocycles. The molecule has 1 heterocycles. The fraction of sp³-hybridized carbons (Fsp3) is 0.727. The van der Waals surface area contributed by atoms with Crippen molar-refractivity contribution < 1.29 is 9.84 Å². The lowest BCUT2D eigenvalue weighted by molar-refractivity contribution is 0.116. The molecular weight excluding hydrogens is 192 g/mol. The third kappa shape index (κ3) is 1.35. The number of aliphatic hydroxyl groups is 1. The van der Waals surface area contributed by atoms with Gasteiger partial charge in [-0.25, -0.2) is 4.68 Å². The Morgan fingerprint density at radius 1 is 1.53 bits per heavy atom. The van der Waals surface area contributed by atoms with E-state index in [0.29, 0.717) is 0 Å². The molecule has 1 aromatic heterocycles. The molecule has 2 rings (SSSR count). The molecule has 0 unspecified atom stereocenters. The topological polar surface area (TPSA) is 47.3 Å². The van der Waals surface area contributed by atoms with E-state index >= 15 is 0 Å². The van der Waals surface area contributed by atoms with Crippen molar-refractivity contribution in [3.63, 3.8) is 0 Å². The standard InChI is InChI=1S/C11H18N2O2/c1-8-9(10(15-3)13(2)12-8)11(7-14)5-4-6-11/h14H,4-7H2,1-3H3. The number of rotatable bonds is 3. The summed E-state index contributed by atoms with van der Waals surface area (Å²) in [7, 11) is 3.53. The van der Waals surface area contributed by atoms with Crippen molar-refractivity contribution in [2.45, 2.75) is 31.6 Å². The van der Waals surface area contributed by atoms with Gasteiger partial charge in [-0.05, 0) is 19.8 Å². The zero-order valence-corrected chi connectivity index (χ0v) is 9.58. The van der Waals surface area contributed by atoms with Crippen LogP contribution in [0.1, 0.15) is 30.5 Å². The Bertz CT molecular complexity index is 361. The monoisotopic (exact) mass is 210 g/mol. The second-order valence-electron chi connectivity index (χ2n) is 4.39. The quantitative estimate of drug-likeness (QED) is 0.814. The lowest BCUT2D eigenvalue weighted by atomic mass is 9.65. The minimum absolute atomic E-state index is 0.0936. The summed E-state index contributed by atoms with van der Waals surface area (Å²) in [6, 6.07) is 0. The number of aliphatic hydroxyl groups excluding tert-OH is 1. The molecule has 0 atom stereocenters. The van der Waals surface area contributed by atoms with Gasteiger partial charge in [0.05, 0.1) is 19.4 Å². The molecule has 1 aromatic rings. The van der Waals surface area contributed by atoms with Gasteiger partial charge in [-0.3, -0.25) is 0 Å². The van der Waals surface area contributed by atoms with E-state index in [-0.39, 0.29) is 12.0 Å². The molecule has 1 aliphatic carbocycles. The maximum atomic E-state index is 9.55. The summed E-state index contributed by atoms with van der Waals surface area (Å²) in [6.45, 7) is 2.17. The molecule has 0 radical (unpaired) electrons. The van der Waals surface area contributed by atoms with Gasteiger partial charge in [0.2, 0.25) is 5.88 Å². The minimum atomic E-state index is -0.0936. The van der Waals surface area contributed by atoms with E-state index in [1.54, 1.807) is 11.8 Å². The lowest BCUT2D eigenvalue weighted by Crippen LogP contribution is -2.38. The Morgan fingerprint density at radius 3 is 2.60 bits per heavy atom. The van der Waals surface area contributed by atoms with Crippen LogP contribution in [0.15, 0.2) is 0 Å². The van der Waals surface area contributed by atoms with Crippen molar-refractivity contribution in [2.75, 3.05) is 13.7 Å². The lowest BCUT2D eigenvalue weighted by Gasteiger charge is -2.40. The Hall–Kier alpha value is -1.03. The Labute approximate surface area is 89.9 Å². The van der Waals surface area contributed by atoms with Crippen molar-refractivity contribution in [1.82, 2.24) is 9.78 Å². The van der Waals surface area contributed by atoms with Crippen LogP contribution in [-0.2, 0) is 12.5 Å². The highest BCUT2D eigenvalue weighted by molar-refractivity contribution is 5.40. The van der Waals surface area contributed by atoms with Crippen LogP contribution in [0.5, 0.6) is 5.88 Å². The predicted octanol–water partition coefficient (Wildman–Crippen LogP) is 1.15. The van der Waals surface area contributed by atoms with Crippen LogP contribution in [0.4, 0.5) is 0 Å². The predicted molar refractivity (Wildman–Crippen MR) is 57.1 cm³/mol. The number of methoxy groups -OCH3 is 1. The van der Waals surface area contributed by atoms with Crippen LogP contribution in [0, 0.1) is 6.92 Å². The van der Waals surface area contributed by atoms with Crippen LogP contribution in [0.2, 0.25) is 0 Å². The van der Waals surface area contributed by atoms with Crippen LogP contribution < -0.4 is 4.74 Å². The van der Waals surface area contributed by atoms with Crippen LogP contribution >= 0.6 is 0 Å². The van der Waals surface area contributed by atoms with Gasteiger partial charge in [-0.15, -0.1) is 0 Å². The SMILES string of the molecule is COc1c(C2(CO)CCC2)c(C)nn1C. The molecule has 1 N–H and O–H groups in total. The maximum absolute atomic E-state index is 9.55. The van der Waals surface area contributed by atoms with E-state index in [2.05, 4.69) is 5.10 Å². The molecule has 0 aromatic carbocycles. The number of hydrogen-bond donors (Lipinski definition) is 1. The van der Waals surface area contributed by atoms with E-state index in [9.17, 15) is 5.11 Å². The van der Waals surface area contributed by atoms with Gasteiger partial charge in [0.15, 0.2) is 0 Å². The Morgan fingerprint density at radius 2 is 2.20 bits per heavy atom. The highest BCUT2D eigenvalue weighted by Gasteiger charge is 2.43. The normalized spacial score (nSPS) is 18.7. The molecule has 4 heteroatoms. The van der Waals surface area contributed by atoms with Crippen molar-refractivity contribution in [2.24, 2.45) is 7.05 Å². The third-order valence-corrected chi connectivity index (χ3v) is 3.51. The smallest absolute Gasteiger partial charge is 0.215 e. The molecule has 15 heavy (non-hydrogen) atoms. The van der Waals surface area contributed by atoms with Gasteiger partial charge >= 0.3 is 0 Å². The molecule has 1 aliphatic rings. The van der Waals surface area contributed by atoms with Gasteiger partial charge in [0.25, 0.3) is 0 Å². The summed E-state index contributed by atoms with van der Waals surface area (Å²) in [5.74, 6) is 0.793. The Balaban J connectivity index is 2.50.